The number of nitrogens with zero attached hydrogens (tertiary/aromatic N) is 1. The standard InChI is InChI=1S/C16H27N3O.HI/c1-11(2)13(4)19-16(17-5)18-10-14-7-12(3)8-15(9-14)20-6;/h7-9,11,13H,10H2,1-6H3,(H2,17,18,19);1H. The zero-order valence-corrected chi connectivity index (χ0v) is 16.2. The highest BCUT2D eigenvalue weighted by atomic mass is 127. The van der Waals surface area contributed by atoms with Crippen LogP contribution in [0.1, 0.15) is 31.9 Å². The molecule has 1 aromatic carbocycles. The van der Waals surface area contributed by atoms with E-state index in [0.717, 1.165) is 18.3 Å². The molecule has 0 fully saturated rings. The quantitative estimate of drug-likeness (QED) is 0.449. The number of hydrogen-bond donors (Lipinski definition) is 2. The number of benzene rings is 1. The number of rotatable bonds is 5. The molecule has 0 saturated carbocycles. The summed E-state index contributed by atoms with van der Waals surface area (Å²) in [6.07, 6.45) is 0. The predicted molar refractivity (Wildman–Crippen MR) is 101 cm³/mol. The second kappa shape index (κ2) is 9.87. The van der Waals surface area contributed by atoms with Gasteiger partial charge in [0.25, 0.3) is 0 Å². The summed E-state index contributed by atoms with van der Waals surface area (Å²) in [6, 6.07) is 6.60. The van der Waals surface area contributed by atoms with Gasteiger partial charge in [-0.2, -0.15) is 0 Å². The van der Waals surface area contributed by atoms with E-state index in [1.165, 1.54) is 11.1 Å². The third-order valence-corrected chi connectivity index (χ3v) is 3.39. The average molecular weight is 405 g/mol. The largest absolute Gasteiger partial charge is 0.497 e. The van der Waals surface area contributed by atoms with Gasteiger partial charge in [-0.3, -0.25) is 4.99 Å². The fourth-order valence-corrected chi connectivity index (χ4v) is 1.81. The van der Waals surface area contributed by atoms with Crippen molar-refractivity contribution in [2.75, 3.05) is 14.2 Å². The highest BCUT2D eigenvalue weighted by molar-refractivity contribution is 14.0. The van der Waals surface area contributed by atoms with Crippen LogP contribution in [0.4, 0.5) is 0 Å². The highest BCUT2D eigenvalue weighted by Crippen LogP contribution is 2.16. The van der Waals surface area contributed by atoms with E-state index in [4.69, 9.17) is 4.74 Å². The molecular formula is C16H28IN3O. The minimum Gasteiger partial charge on any atom is -0.497 e. The second-order valence-electron chi connectivity index (χ2n) is 5.46. The van der Waals surface area contributed by atoms with Crippen molar-refractivity contribution in [2.45, 2.75) is 40.3 Å². The first-order chi connectivity index (χ1) is 9.46. The van der Waals surface area contributed by atoms with Crippen LogP contribution in [0.2, 0.25) is 0 Å². The van der Waals surface area contributed by atoms with Crippen LogP contribution in [0.25, 0.3) is 0 Å². The maximum atomic E-state index is 5.29. The molecule has 5 heteroatoms. The van der Waals surface area contributed by atoms with Crippen molar-refractivity contribution in [2.24, 2.45) is 10.9 Å². The monoisotopic (exact) mass is 405 g/mol. The first-order valence-corrected chi connectivity index (χ1v) is 7.08. The van der Waals surface area contributed by atoms with Crippen LogP contribution in [0.3, 0.4) is 0 Å². The van der Waals surface area contributed by atoms with Gasteiger partial charge in [-0.25, -0.2) is 0 Å². The van der Waals surface area contributed by atoms with Gasteiger partial charge < -0.3 is 15.4 Å². The van der Waals surface area contributed by atoms with E-state index in [-0.39, 0.29) is 24.0 Å². The molecule has 0 amide bonds. The fraction of sp³-hybridized carbons (Fsp3) is 0.562. The molecule has 2 N–H and O–H groups in total. The maximum Gasteiger partial charge on any atom is 0.191 e. The normalized spacial score (nSPS) is 12.6. The van der Waals surface area contributed by atoms with Crippen LogP contribution in [0.15, 0.2) is 23.2 Å². The van der Waals surface area contributed by atoms with E-state index in [1.807, 2.05) is 12.1 Å². The summed E-state index contributed by atoms with van der Waals surface area (Å²) in [5.74, 6) is 2.28. The molecule has 4 nitrogen and oxygen atoms in total. The Morgan fingerprint density at radius 3 is 2.43 bits per heavy atom. The fourth-order valence-electron chi connectivity index (χ4n) is 1.81. The number of ether oxygens (including phenoxy) is 1. The molecule has 0 saturated heterocycles. The van der Waals surface area contributed by atoms with Gasteiger partial charge in [0, 0.05) is 19.6 Å². The predicted octanol–water partition coefficient (Wildman–Crippen LogP) is 3.33. The summed E-state index contributed by atoms with van der Waals surface area (Å²) in [6.45, 7) is 9.34. The lowest BCUT2D eigenvalue weighted by molar-refractivity contribution is 0.414. The Kier molecular flexibility index (Phi) is 9.41. The van der Waals surface area contributed by atoms with E-state index >= 15 is 0 Å². The zero-order valence-electron chi connectivity index (χ0n) is 13.9. The Labute approximate surface area is 145 Å². The molecule has 0 radical (unpaired) electrons. The number of aliphatic imine (C=N–C) groups is 1. The molecule has 1 rings (SSSR count). The average Bonchev–Trinajstić information content (AvgIpc) is 2.42. The number of halogens is 1. The zero-order chi connectivity index (χ0) is 15.1. The third kappa shape index (κ3) is 7.02. The van der Waals surface area contributed by atoms with Crippen LogP contribution >= 0.6 is 24.0 Å². The number of hydrogen-bond acceptors (Lipinski definition) is 2. The molecule has 1 aromatic rings. The summed E-state index contributed by atoms with van der Waals surface area (Å²) >= 11 is 0. The number of aryl methyl sites for hydroxylation is 1. The summed E-state index contributed by atoms with van der Waals surface area (Å²) in [5, 5.41) is 6.72. The molecule has 0 aromatic heterocycles. The first kappa shape index (κ1) is 20.0. The topological polar surface area (TPSA) is 45.7 Å². The summed E-state index contributed by atoms with van der Waals surface area (Å²) < 4.78 is 5.29. The minimum absolute atomic E-state index is 0. The Morgan fingerprint density at radius 1 is 1.24 bits per heavy atom. The smallest absolute Gasteiger partial charge is 0.191 e. The highest BCUT2D eigenvalue weighted by Gasteiger charge is 2.09. The molecule has 1 unspecified atom stereocenters. The number of guanidine groups is 1. The van der Waals surface area contributed by atoms with Gasteiger partial charge in [-0.1, -0.05) is 19.9 Å². The SMILES string of the molecule is CN=C(NCc1cc(C)cc(OC)c1)NC(C)C(C)C.I. The summed E-state index contributed by atoms with van der Waals surface area (Å²) in [4.78, 5) is 4.25. The molecule has 0 bridgehead atoms. The molecule has 1 atom stereocenters. The van der Waals surface area contributed by atoms with Crippen molar-refractivity contribution >= 4 is 29.9 Å². The van der Waals surface area contributed by atoms with E-state index in [9.17, 15) is 0 Å². The van der Waals surface area contributed by atoms with Crippen LogP contribution < -0.4 is 15.4 Å². The van der Waals surface area contributed by atoms with E-state index in [0.29, 0.717) is 12.0 Å². The number of methoxy groups -OCH3 is 1. The van der Waals surface area contributed by atoms with Crippen LogP contribution in [-0.4, -0.2) is 26.2 Å². The van der Waals surface area contributed by atoms with Gasteiger partial charge in [-0.15, -0.1) is 24.0 Å². The maximum absolute atomic E-state index is 5.29. The van der Waals surface area contributed by atoms with Crippen LogP contribution in [0, 0.1) is 12.8 Å². The Hall–Kier alpha value is -0.980. The molecule has 120 valence electrons. The van der Waals surface area contributed by atoms with E-state index in [2.05, 4.69) is 49.4 Å². The summed E-state index contributed by atoms with van der Waals surface area (Å²) in [7, 11) is 3.48. The first-order valence-electron chi connectivity index (χ1n) is 7.08. The van der Waals surface area contributed by atoms with Gasteiger partial charge in [0.2, 0.25) is 0 Å². The Morgan fingerprint density at radius 2 is 1.90 bits per heavy atom. The van der Waals surface area contributed by atoms with Crippen LogP contribution in [-0.2, 0) is 6.54 Å². The van der Waals surface area contributed by atoms with Gasteiger partial charge in [-0.05, 0) is 43.0 Å². The van der Waals surface area contributed by atoms with E-state index < -0.39 is 0 Å². The van der Waals surface area contributed by atoms with Crippen molar-refractivity contribution in [3.05, 3.63) is 29.3 Å². The molecule has 0 spiro atoms. The van der Waals surface area contributed by atoms with Crippen molar-refractivity contribution < 1.29 is 4.74 Å². The van der Waals surface area contributed by atoms with E-state index in [1.54, 1.807) is 14.2 Å². The summed E-state index contributed by atoms with van der Waals surface area (Å²) in [5.41, 5.74) is 2.38. The Bertz CT molecular complexity index is 461. The molecule has 21 heavy (non-hydrogen) atoms. The molecule has 0 aliphatic heterocycles. The lowest BCUT2D eigenvalue weighted by atomic mass is 10.1. The third-order valence-electron chi connectivity index (χ3n) is 3.39. The number of nitrogens with one attached hydrogen (secondary N) is 2. The molecular weight excluding hydrogens is 377 g/mol. The van der Waals surface area contributed by atoms with Crippen molar-refractivity contribution in [1.82, 2.24) is 10.6 Å². The van der Waals surface area contributed by atoms with Gasteiger partial charge >= 0.3 is 0 Å². The molecule has 0 aliphatic carbocycles. The molecule has 0 heterocycles. The van der Waals surface area contributed by atoms with Gasteiger partial charge in [0.1, 0.15) is 5.75 Å². The van der Waals surface area contributed by atoms with Crippen molar-refractivity contribution in [1.29, 1.82) is 0 Å². The van der Waals surface area contributed by atoms with Gasteiger partial charge in [0.05, 0.1) is 7.11 Å². The Balaban J connectivity index is 0.00000400. The second-order valence-corrected chi connectivity index (χ2v) is 5.46. The lowest BCUT2D eigenvalue weighted by Crippen LogP contribution is -2.43. The van der Waals surface area contributed by atoms with Crippen molar-refractivity contribution in [3.8, 4) is 5.75 Å². The lowest BCUT2D eigenvalue weighted by Gasteiger charge is -2.21. The van der Waals surface area contributed by atoms with Crippen molar-refractivity contribution in [3.63, 3.8) is 0 Å². The minimum atomic E-state index is 0. The molecule has 0 aliphatic rings. The van der Waals surface area contributed by atoms with Crippen LogP contribution in [0.5, 0.6) is 5.75 Å². The van der Waals surface area contributed by atoms with Gasteiger partial charge in [0.15, 0.2) is 5.96 Å².